The zero-order valence-corrected chi connectivity index (χ0v) is 10.5. The molecule has 2 aliphatic heterocycles. The fraction of sp³-hybridized carbons (Fsp3) is 0.571. The molecular weight excluding hydrogens is 212 g/mol. The summed E-state index contributed by atoms with van der Waals surface area (Å²) >= 11 is 0. The molecule has 1 aromatic carbocycles. The predicted octanol–water partition coefficient (Wildman–Crippen LogP) is 1.93. The van der Waals surface area contributed by atoms with Gasteiger partial charge in [-0.15, -0.1) is 0 Å². The van der Waals surface area contributed by atoms with Crippen LogP contribution in [0.5, 0.6) is 5.75 Å². The Bertz CT molecular complexity index is 424. The van der Waals surface area contributed by atoms with E-state index in [0.717, 1.165) is 25.3 Å². The first-order chi connectivity index (χ1) is 8.05. The maximum atomic E-state index is 6.04. The Hall–Kier alpha value is -1.06. The third-order valence-electron chi connectivity index (χ3n) is 3.73. The topological polar surface area (TPSA) is 38.5 Å². The lowest BCUT2D eigenvalue weighted by Gasteiger charge is -2.48. The second-order valence-corrected chi connectivity index (χ2v) is 5.83. The summed E-state index contributed by atoms with van der Waals surface area (Å²) in [7, 11) is 0. The van der Waals surface area contributed by atoms with Gasteiger partial charge in [-0.1, -0.05) is 18.2 Å². The fourth-order valence-corrected chi connectivity index (χ4v) is 2.89. The Morgan fingerprint density at radius 2 is 2.00 bits per heavy atom. The third-order valence-corrected chi connectivity index (χ3v) is 3.73. The molecule has 1 saturated heterocycles. The molecule has 1 atom stereocenters. The lowest BCUT2D eigenvalue weighted by molar-refractivity contribution is 0.00151. The molecule has 92 valence electrons. The molecular formula is C14H20N2O. The number of likely N-dealkylation sites (tertiary alicyclic amines) is 1. The predicted molar refractivity (Wildman–Crippen MR) is 68.1 cm³/mol. The van der Waals surface area contributed by atoms with Crippen LogP contribution >= 0.6 is 0 Å². The summed E-state index contributed by atoms with van der Waals surface area (Å²) in [6, 6.07) is 9.21. The molecule has 1 unspecified atom stereocenters. The van der Waals surface area contributed by atoms with E-state index in [1.807, 2.05) is 6.07 Å². The molecule has 0 saturated carbocycles. The van der Waals surface area contributed by atoms with Gasteiger partial charge in [-0.05, 0) is 19.9 Å². The molecule has 0 bridgehead atoms. The van der Waals surface area contributed by atoms with Gasteiger partial charge in [0.05, 0.1) is 0 Å². The molecule has 3 heteroatoms. The smallest absolute Gasteiger partial charge is 0.124 e. The summed E-state index contributed by atoms with van der Waals surface area (Å²) in [5.74, 6) is 1.04. The van der Waals surface area contributed by atoms with Gasteiger partial charge in [0, 0.05) is 37.2 Å². The van der Waals surface area contributed by atoms with Gasteiger partial charge < -0.3 is 10.5 Å². The number of nitrogens with two attached hydrogens (primary N) is 1. The highest BCUT2D eigenvalue weighted by molar-refractivity contribution is 5.39. The van der Waals surface area contributed by atoms with Crippen molar-refractivity contribution in [3.8, 4) is 5.75 Å². The van der Waals surface area contributed by atoms with Gasteiger partial charge in [0.15, 0.2) is 0 Å². The van der Waals surface area contributed by atoms with E-state index in [-0.39, 0.29) is 5.60 Å². The van der Waals surface area contributed by atoms with E-state index in [1.165, 1.54) is 5.56 Å². The van der Waals surface area contributed by atoms with Crippen LogP contribution in [0, 0.1) is 0 Å². The third kappa shape index (κ3) is 1.94. The normalized spacial score (nSPS) is 28.1. The van der Waals surface area contributed by atoms with Crippen LogP contribution in [0.3, 0.4) is 0 Å². The monoisotopic (exact) mass is 232 g/mol. The average Bonchev–Trinajstić information content (AvgIpc) is 2.22. The highest BCUT2D eigenvalue weighted by atomic mass is 16.5. The highest BCUT2D eigenvalue weighted by Gasteiger charge is 2.40. The van der Waals surface area contributed by atoms with Crippen molar-refractivity contribution in [2.24, 2.45) is 5.73 Å². The largest absolute Gasteiger partial charge is 0.487 e. The summed E-state index contributed by atoms with van der Waals surface area (Å²) in [6.45, 7) is 6.34. The van der Waals surface area contributed by atoms with Crippen molar-refractivity contribution in [2.45, 2.75) is 38.0 Å². The molecule has 1 fully saturated rings. The summed E-state index contributed by atoms with van der Waals surface area (Å²) in [5, 5.41) is 0. The van der Waals surface area contributed by atoms with Crippen molar-refractivity contribution in [1.29, 1.82) is 0 Å². The molecule has 17 heavy (non-hydrogen) atoms. The van der Waals surface area contributed by atoms with E-state index in [1.54, 1.807) is 0 Å². The molecule has 2 N–H and O–H groups in total. The molecule has 3 nitrogen and oxygen atoms in total. The number of ether oxygens (including phenoxy) is 1. The number of rotatable bonds is 1. The molecule has 2 heterocycles. The maximum absolute atomic E-state index is 6.04. The molecule has 2 aliphatic rings. The number of benzene rings is 1. The van der Waals surface area contributed by atoms with E-state index in [0.29, 0.717) is 12.1 Å². The zero-order valence-electron chi connectivity index (χ0n) is 10.5. The second-order valence-electron chi connectivity index (χ2n) is 5.83. The van der Waals surface area contributed by atoms with Crippen molar-refractivity contribution in [1.82, 2.24) is 4.90 Å². The van der Waals surface area contributed by atoms with Crippen LogP contribution in [0.25, 0.3) is 0 Å². The number of para-hydroxylation sites is 1. The first-order valence-corrected chi connectivity index (χ1v) is 6.33. The van der Waals surface area contributed by atoms with Gasteiger partial charge in [-0.25, -0.2) is 0 Å². The van der Waals surface area contributed by atoms with Gasteiger partial charge >= 0.3 is 0 Å². The maximum Gasteiger partial charge on any atom is 0.124 e. The van der Waals surface area contributed by atoms with Crippen molar-refractivity contribution < 1.29 is 4.74 Å². The summed E-state index contributed by atoms with van der Waals surface area (Å²) in [4.78, 5) is 2.47. The zero-order chi connectivity index (χ0) is 12.0. The average molecular weight is 232 g/mol. The SMILES string of the molecule is CC1(C)CC(N2CC(N)C2)c2ccccc2O1. The molecule has 0 aliphatic carbocycles. The van der Waals surface area contributed by atoms with Crippen LogP contribution in [-0.2, 0) is 0 Å². The van der Waals surface area contributed by atoms with Crippen molar-refractivity contribution in [2.75, 3.05) is 13.1 Å². The van der Waals surface area contributed by atoms with Crippen molar-refractivity contribution in [3.05, 3.63) is 29.8 Å². The summed E-state index contributed by atoms with van der Waals surface area (Å²) in [6.07, 6.45) is 1.04. The van der Waals surface area contributed by atoms with Crippen LogP contribution in [0.15, 0.2) is 24.3 Å². The van der Waals surface area contributed by atoms with E-state index >= 15 is 0 Å². The standard InChI is InChI=1S/C14H20N2O/c1-14(2)7-12(16-8-10(15)9-16)11-5-3-4-6-13(11)17-14/h3-6,10,12H,7-9,15H2,1-2H3. The van der Waals surface area contributed by atoms with Gasteiger partial charge in [0.1, 0.15) is 11.4 Å². The quantitative estimate of drug-likeness (QED) is 0.804. The Kier molecular flexibility index (Phi) is 2.42. The first kappa shape index (κ1) is 11.1. The Labute approximate surface area is 103 Å². The van der Waals surface area contributed by atoms with Gasteiger partial charge in [-0.3, -0.25) is 4.90 Å². The van der Waals surface area contributed by atoms with E-state index < -0.39 is 0 Å². The minimum Gasteiger partial charge on any atom is -0.487 e. The molecule has 0 aromatic heterocycles. The van der Waals surface area contributed by atoms with Crippen LogP contribution in [0.1, 0.15) is 31.9 Å². The van der Waals surface area contributed by atoms with Gasteiger partial charge in [0.2, 0.25) is 0 Å². The van der Waals surface area contributed by atoms with Crippen LogP contribution in [-0.4, -0.2) is 29.6 Å². The molecule has 3 rings (SSSR count). The first-order valence-electron chi connectivity index (χ1n) is 6.33. The second kappa shape index (κ2) is 3.72. The minimum atomic E-state index is -0.0846. The van der Waals surface area contributed by atoms with E-state index in [2.05, 4.69) is 36.9 Å². The number of hydrogen-bond acceptors (Lipinski definition) is 3. The van der Waals surface area contributed by atoms with Crippen LogP contribution < -0.4 is 10.5 Å². The van der Waals surface area contributed by atoms with Crippen LogP contribution in [0.2, 0.25) is 0 Å². The lowest BCUT2D eigenvalue weighted by Crippen LogP contribution is -2.58. The molecule has 0 amide bonds. The summed E-state index contributed by atoms with van der Waals surface area (Å²) < 4.78 is 6.04. The van der Waals surface area contributed by atoms with Gasteiger partial charge in [-0.2, -0.15) is 0 Å². The molecule has 0 radical (unpaired) electrons. The van der Waals surface area contributed by atoms with Crippen LogP contribution in [0.4, 0.5) is 0 Å². The van der Waals surface area contributed by atoms with Crippen molar-refractivity contribution in [3.63, 3.8) is 0 Å². The number of fused-ring (bicyclic) bond motifs is 1. The van der Waals surface area contributed by atoms with E-state index in [4.69, 9.17) is 10.5 Å². The number of hydrogen-bond donors (Lipinski definition) is 1. The Morgan fingerprint density at radius 1 is 1.29 bits per heavy atom. The highest BCUT2D eigenvalue weighted by Crippen LogP contribution is 2.43. The van der Waals surface area contributed by atoms with E-state index in [9.17, 15) is 0 Å². The number of nitrogens with zero attached hydrogens (tertiary/aromatic N) is 1. The van der Waals surface area contributed by atoms with Gasteiger partial charge in [0.25, 0.3) is 0 Å². The Balaban J connectivity index is 1.93. The van der Waals surface area contributed by atoms with Crippen molar-refractivity contribution >= 4 is 0 Å². The minimum absolute atomic E-state index is 0.0846. The lowest BCUT2D eigenvalue weighted by atomic mass is 9.86. The molecule has 0 spiro atoms. The Morgan fingerprint density at radius 3 is 2.71 bits per heavy atom. The molecule has 1 aromatic rings. The fourth-order valence-electron chi connectivity index (χ4n) is 2.89. The summed E-state index contributed by atoms with van der Waals surface area (Å²) in [5.41, 5.74) is 7.12.